The molecule has 1 aromatic carbocycles. The van der Waals surface area contributed by atoms with Gasteiger partial charge in [-0.15, -0.1) is 0 Å². The van der Waals surface area contributed by atoms with Gasteiger partial charge in [0.15, 0.2) is 0 Å². The van der Waals surface area contributed by atoms with E-state index in [1.807, 2.05) is 37.3 Å². The van der Waals surface area contributed by atoms with Crippen molar-refractivity contribution < 1.29 is 1.43 Å². The Morgan fingerprint density at radius 3 is 1.92 bits per heavy atom. The first-order valence-electron chi connectivity index (χ1n) is 4.52. The minimum absolute atomic E-state index is 0. The lowest BCUT2D eigenvalue weighted by molar-refractivity contribution is 0.818. The Labute approximate surface area is 77.1 Å². The number of hydrogen-bond donors (Lipinski definition) is 1. The van der Waals surface area contributed by atoms with Gasteiger partial charge in [-0.2, -0.15) is 0 Å². The largest absolute Gasteiger partial charge is 0.324 e. The number of hydrogen-bond acceptors (Lipinski definition) is 1. The second-order valence-corrected chi connectivity index (χ2v) is 2.91. The Balaban J connectivity index is 0. The maximum Gasteiger partial charge on any atom is 0.0266 e. The highest BCUT2D eigenvalue weighted by Gasteiger charge is 1.93. The molecule has 1 nitrogen and oxygen atoms in total. The van der Waals surface area contributed by atoms with Gasteiger partial charge in [-0.25, -0.2) is 0 Å². The molecule has 0 saturated heterocycles. The molecule has 70 valence electrons. The molecule has 1 unspecified atom stereocenters. The Bertz CT molecular complexity index is 185. The highest BCUT2D eigenvalue weighted by molar-refractivity contribution is 5.17. The zero-order valence-electron chi connectivity index (χ0n) is 8.25. The van der Waals surface area contributed by atoms with Crippen molar-refractivity contribution in [3.63, 3.8) is 0 Å². The smallest absolute Gasteiger partial charge is 0.0266 e. The van der Waals surface area contributed by atoms with Crippen LogP contribution in [0.4, 0.5) is 0 Å². The summed E-state index contributed by atoms with van der Waals surface area (Å²) < 4.78 is 0. The van der Waals surface area contributed by atoms with Crippen LogP contribution in [0.25, 0.3) is 0 Å². The number of benzene rings is 1. The van der Waals surface area contributed by atoms with E-state index in [1.165, 1.54) is 12.0 Å². The predicted octanol–water partition coefficient (Wildman–Crippen LogP) is 3.37. The number of nitrogens with two attached hydrogens (primary N) is 1. The van der Waals surface area contributed by atoms with E-state index in [0.717, 1.165) is 0 Å². The summed E-state index contributed by atoms with van der Waals surface area (Å²) in [5.74, 6) is 0. The minimum Gasteiger partial charge on any atom is -0.324 e. The molecular formula is C11H21N. The Hall–Kier alpha value is -0.820. The molecule has 12 heavy (non-hydrogen) atoms. The van der Waals surface area contributed by atoms with Crippen LogP contribution in [0.3, 0.4) is 0 Å². The lowest BCUT2D eigenvalue weighted by Crippen LogP contribution is -2.03. The summed E-state index contributed by atoms with van der Waals surface area (Å²) in [5, 5.41) is 0. The molecule has 0 radical (unpaired) electrons. The summed E-state index contributed by atoms with van der Waals surface area (Å²) in [7, 11) is 0. The van der Waals surface area contributed by atoms with Crippen LogP contribution in [-0.4, -0.2) is 0 Å². The minimum atomic E-state index is 0. The van der Waals surface area contributed by atoms with E-state index in [2.05, 4.69) is 13.8 Å². The Morgan fingerprint density at radius 2 is 1.67 bits per heavy atom. The van der Waals surface area contributed by atoms with Gasteiger partial charge in [-0.3, -0.25) is 0 Å². The first-order chi connectivity index (χ1) is 5.72. The zero-order valence-corrected chi connectivity index (χ0v) is 8.25. The standard InChI is InChI=1S/C8H11N.C3H8.H2/c1-7(9)8-5-3-2-4-6-8;1-3-2;/h2-7H,9H2,1H3;3H2,1-2H3;1H. The zero-order chi connectivity index (χ0) is 9.40. The summed E-state index contributed by atoms with van der Waals surface area (Å²) in [6.45, 7) is 6.23. The molecule has 2 N–H and O–H groups in total. The molecule has 0 fully saturated rings. The molecule has 1 rings (SSSR count). The quantitative estimate of drug-likeness (QED) is 0.682. The van der Waals surface area contributed by atoms with E-state index in [4.69, 9.17) is 5.73 Å². The molecule has 0 aliphatic heterocycles. The molecule has 0 heterocycles. The topological polar surface area (TPSA) is 26.0 Å². The monoisotopic (exact) mass is 167 g/mol. The van der Waals surface area contributed by atoms with Crippen molar-refractivity contribution >= 4 is 0 Å². The van der Waals surface area contributed by atoms with Gasteiger partial charge < -0.3 is 5.73 Å². The number of rotatable bonds is 1. The van der Waals surface area contributed by atoms with Crippen LogP contribution in [0.2, 0.25) is 0 Å². The van der Waals surface area contributed by atoms with E-state index < -0.39 is 0 Å². The molecule has 0 aliphatic rings. The third-order valence-corrected chi connectivity index (χ3v) is 1.33. The third kappa shape index (κ3) is 4.91. The molecule has 1 heteroatoms. The van der Waals surface area contributed by atoms with Crippen molar-refractivity contribution in [3.05, 3.63) is 35.9 Å². The van der Waals surface area contributed by atoms with Crippen LogP contribution in [-0.2, 0) is 0 Å². The van der Waals surface area contributed by atoms with Gasteiger partial charge in [0.1, 0.15) is 0 Å². The van der Waals surface area contributed by atoms with E-state index in [9.17, 15) is 0 Å². The molecule has 0 bridgehead atoms. The molecule has 0 aromatic heterocycles. The van der Waals surface area contributed by atoms with Crippen molar-refractivity contribution in [3.8, 4) is 0 Å². The fraction of sp³-hybridized carbons (Fsp3) is 0.455. The van der Waals surface area contributed by atoms with Crippen LogP contribution in [0.15, 0.2) is 30.3 Å². The fourth-order valence-corrected chi connectivity index (χ4v) is 0.757. The van der Waals surface area contributed by atoms with Crippen molar-refractivity contribution in [2.75, 3.05) is 0 Å². The maximum atomic E-state index is 5.61. The van der Waals surface area contributed by atoms with Gasteiger partial charge in [0, 0.05) is 7.47 Å². The SMILES string of the molecule is CC(N)c1ccccc1.CCC.[HH]. The first-order valence-corrected chi connectivity index (χ1v) is 4.52. The molecule has 0 aliphatic carbocycles. The van der Waals surface area contributed by atoms with Crippen molar-refractivity contribution in [1.29, 1.82) is 0 Å². The molecular weight excluding hydrogens is 146 g/mol. The van der Waals surface area contributed by atoms with E-state index in [1.54, 1.807) is 0 Å². The maximum absolute atomic E-state index is 5.61. The summed E-state index contributed by atoms with van der Waals surface area (Å²) in [6, 6.07) is 10.2. The van der Waals surface area contributed by atoms with Gasteiger partial charge in [0.05, 0.1) is 0 Å². The fourth-order valence-electron chi connectivity index (χ4n) is 0.757. The highest BCUT2D eigenvalue weighted by Crippen LogP contribution is 2.06. The molecule has 0 saturated carbocycles. The van der Waals surface area contributed by atoms with E-state index in [-0.39, 0.29) is 7.47 Å². The summed E-state index contributed by atoms with van der Waals surface area (Å²) in [5.41, 5.74) is 6.81. The Kier molecular flexibility index (Phi) is 6.39. The van der Waals surface area contributed by atoms with Crippen LogP contribution >= 0.6 is 0 Å². The van der Waals surface area contributed by atoms with Crippen LogP contribution < -0.4 is 5.73 Å². The average Bonchev–Trinajstić information content (AvgIpc) is 2.07. The average molecular weight is 167 g/mol. The van der Waals surface area contributed by atoms with Crippen molar-refractivity contribution in [1.82, 2.24) is 0 Å². The second kappa shape index (κ2) is 6.86. The summed E-state index contributed by atoms with van der Waals surface area (Å²) in [4.78, 5) is 0. The lowest BCUT2D eigenvalue weighted by atomic mass is 10.1. The van der Waals surface area contributed by atoms with Crippen LogP contribution in [0.5, 0.6) is 0 Å². The molecule has 1 atom stereocenters. The third-order valence-electron chi connectivity index (χ3n) is 1.33. The van der Waals surface area contributed by atoms with Crippen molar-refractivity contribution in [2.45, 2.75) is 33.2 Å². The summed E-state index contributed by atoms with van der Waals surface area (Å²) in [6.07, 6.45) is 1.25. The van der Waals surface area contributed by atoms with Gasteiger partial charge in [0.2, 0.25) is 0 Å². The molecule has 1 aromatic rings. The summed E-state index contributed by atoms with van der Waals surface area (Å²) >= 11 is 0. The van der Waals surface area contributed by atoms with Gasteiger partial charge in [-0.1, -0.05) is 50.6 Å². The highest BCUT2D eigenvalue weighted by atomic mass is 14.6. The van der Waals surface area contributed by atoms with Crippen LogP contribution in [0.1, 0.15) is 40.2 Å². The van der Waals surface area contributed by atoms with E-state index >= 15 is 0 Å². The molecule has 0 spiro atoms. The van der Waals surface area contributed by atoms with Gasteiger partial charge >= 0.3 is 0 Å². The van der Waals surface area contributed by atoms with Gasteiger partial charge in [-0.05, 0) is 12.5 Å². The first kappa shape index (κ1) is 11.2. The normalized spacial score (nSPS) is 11.3. The molecule has 0 amide bonds. The predicted molar refractivity (Wildman–Crippen MR) is 57.1 cm³/mol. The van der Waals surface area contributed by atoms with Crippen molar-refractivity contribution in [2.24, 2.45) is 5.73 Å². The van der Waals surface area contributed by atoms with Crippen LogP contribution in [0, 0.1) is 0 Å². The second-order valence-electron chi connectivity index (χ2n) is 2.91. The van der Waals surface area contributed by atoms with E-state index in [0.29, 0.717) is 0 Å². The Morgan fingerprint density at radius 1 is 1.25 bits per heavy atom. The van der Waals surface area contributed by atoms with Gasteiger partial charge in [0.25, 0.3) is 0 Å². The lowest BCUT2D eigenvalue weighted by Gasteiger charge is -2.02.